The van der Waals surface area contributed by atoms with Gasteiger partial charge in [0.15, 0.2) is 0 Å². The lowest BCUT2D eigenvalue weighted by Crippen LogP contribution is -1.97. The third kappa shape index (κ3) is 3.10. The van der Waals surface area contributed by atoms with E-state index < -0.39 is 10.2 Å². The Kier molecular flexibility index (Phi) is 3.26. The first-order chi connectivity index (χ1) is 6.39. The zero-order valence-corrected chi connectivity index (χ0v) is 9.01. The molecule has 4 heteroatoms. The van der Waals surface area contributed by atoms with Crippen LogP contribution < -0.4 is 0 Å². The van der Waals surface area contributed by atoms with Crippen LogP contribution in [0.1, 0.15) is 19.4 Å². The lowest BCUT2D eigenvalue weighted by atomic mass is 10.0. The molecule has 1 aromatic carbocycles. The van der Waals surface area contributed by atoms with Gasteiger partial charge in [0.05, 0.1) is 4.90 Å². The molecule has 0 aromatic heterocycles. The molecule has 0 saturated heterocycles. The summed E-state index contributed by atoms with van der Waals surface area (Å²) in [5, 5.41) is 0. The van der Waals surface area contributed by atoms with Gasteiger partial charge in [-0.1, -0.05) is 26.0 Å². The van der Waals surface area contributed by atoms with Gasteiger partial charge in [0.25, 0.3) is 0 Å². The van der Waals surface area contributed by atoms with E-state index in [1.54, 1.807) is 12.1 Å². The highest BCUT2D eigenvalue weighted by Crippen LogP contribution is 2.16. The van der Waals surface area contributed by atoms with Gasteiger partial charge in [0, 0.05) is 0 Å². The molecule has 0 atom stereocenters. The van der Waals surface area contributed by atoms with Gasteiger partial charge in [-0.05, 0) is 30.0 Å². The maximum absolute atomic E-state index is 12.6. The summed E-state index contributed by atoms with van der Waals surface area (Å²) in [5.41, 5.74) is 0.846. The molecule has 2 nitrogen and oxygen atoms in total. The fourth-order valence-corrected chi connectivity index (χ4v) is 1.83. The Bertz CT molecular complexity index is 410. The second kappa shape index (κ2) is 4.09. The van der Waals surface area contributed by atoms with Crippen molar-refractivity contribution in [2.45, 2.75) is 25.2 Å². The first-order valence-electron chi connectivity index (χ1n) is 4.43. The van der Waals surface area contributed by atoms with Crippen molar-refractivity contribution in [1.82, 2.24) is 0 Å². The summed E-state index contributed by atoms with van der Waals surface area (Å²) in [6, 6.07) is 6.01. The molecule has 1 rings (SSSR count). The van der Waals surface area contributed by atoms with Crippen molar-refractivity contribution < 1.29 is 12.3 Å². The molecule has 0 spiro atoms. The fourth-order valence-electron chi connectivity index (χ4n) is 1.30. The summed E-state index contributed by atoms with van der Waals surface area (Å²) in [5.74, 6) is 0.424. The van der Waals surface area contributed by atoms with Crippen LogP contribution in [-0.4, -0.2) is 8.42 Å². The SMILES string of the molecule is CC(C)Cc1cccc(S(=O)(=O)F)c1. The van der Waals surface area contributed by atoms with Crippen LogP contribution in [0.2, 0.25) is 0 Å². The van der Waals surface area contributed by atoms with Gasteiger partial charge >= 0.3 is 10.2 Å². The van der Waals surface area contributed by atoms with E-state index in [0.717, 1.165) is 12.0 Å². The van der Waals surface area contributed by atoms with E-state index in [1.807, 2.05) is 13.8 Å². The van der Waals surface area contributed by atoms with Gasteiger partial charge in [0.1, 0.15) is 0 Å². The summed E-state index contributed by atoms with van der Waals surface area (Å²) in [7, 11) is -4.56. The lowest BCUT2D eigenvalue weighted by molar-refractivity contribution is 0.551. The molecule has 0 radical (unpaired) electrons. The number of hydrogen-bond donors (Lipinski definition) is 0. The predicted octanol–water partition coefficient (Wildman–Crippen LogP) is 2.54. The normalized spacial score (nSPS) is 12.0. The van der Waals surface area contributed by atoms with E-state index in [1.165, 1.54) is 12.1 Å². The van der Waals surface area contributed by atoms with Crippen LogP contribution in [0.15, 0.2) is 29.2 Å². The molecule has 0 bridgehead atoms. The summed E-state index contributed by atoms with van der Waals surface area (Å²) in [4.78, 5) is -0.254. The molecule has 14 heavy (non-hydrogen) atoms. The van der Waals surface area contributed by atoms with Crippen LogP contribution >= 0.6 is 0 Å². The second-order valence-corrected chi connectivity index (χ2v) is 5.03. The van der Waals surface area contributed by atoms with Crippen molar-refractivity contribution >= 4 is 10.2 Å². The number of halogens is 1. The zero-order chi connectivity index (χ0) is 10.8. The summed E-state index contributed by atoms with van der Waals surface area (Å²) in [6.45, 7) is 4.05. The predicted molar refractivity (Wildman–Crippen MR) is 53.3 cm³/mol. The fraction of sp³-hybridized carbons (Fsp3) is 0.400. The lowest BCUT2D eigenvalue weighted by Gasteiger charge is -2.05. The summed E-state index contributed by atoms with van der Waals surface area (Å²) < 4.78 is 33.8. The van der Waals surface area contributed by atoms with Gasteiger partial charge < -0.3 is 0 Å². The van der Waals surface area contributed by atoms with E-state index in [9.17, 15) is 12.3 Å². The molecule has 0 fully saturated rings. The average Bonchev–Trinajstić information content (AvgIpc) is 2.01. The van der Waals surface area contributed by atoms with Crippen LogP contribution in [0.5, 0.6) is 0 Å². The molecule has 0 aliphatic carbocycles. The van der Waals surface area contributed by atoms with Crippen molar-refractivity contribution in [3.05, 3.63) is 29.8 Å². The monoisotopic (exact) mass is 216 g/mol. The number of hydrogen-bond acceptors (Lipinski definition) is 2. The molecule has 0 aliphatic rings. The van der Waals surface area contributed by atoms with Crippen molar-refractivity contribution in [2.75, 3.05) is 0 Å². The maximum Gasteiger partial charge on any atom is 0.332 e. The molecule has 0 unspecified atom stereocenters. The zero-order valence-electron chi connectivity index (χ0n) is 8.20. The minimum Gasteiger partial charge on any atom is -0.189 e. The van der Waals surface area contributed by atoms with Gasteiger partial charge in [-0.3, -0.25) is 0 Å². The van der Waals surface area contributed by atoms with Crippen molar-refractivity contribution in [1.29, 1.82) is 0 Å². The Morgan fingerprint density at radius 3 is 2.50 bits per heavy atom. The Morgan fingerprint density at radius 2 is 2.00 bits per heavy atom. The summed E-state index contributed by atoms with van der Waals surface area (Å²) in [6.07, 6.45) is 0.753. The van der Waals surface area contributed by atoms with Crippen molar-refractivity contribution in [3.8, 4) is 0 Å². The molecule has 0 heterocycles. The molecular weight excluding hydrogens is 203 g/mol. The van der Waals surface area contributed by atoms with Crippen molar-refractivity contribution in [3.63, 3.8) is 0 Å². The first-order valence-corrected chi connectivity index (χ1v) is 5.81. The Hall–Kier alpha value is -0.900. The van der Waals surface area contributed by atoms with Crippen LogP contribution in [0.4, 0.5) is 3.89 Å². The van der Waals surface area contributed by atoms with E-state index in [2.05, 4.69) is 0 Å². The van der Waals surface area contributed by atoms with Crippen molar-refractivity contribution in [2.24, 2.45) is 5.92 Å². The smallest absolute Gasteiger partial charge is 0.189 e. The topological polar surface area (TPSA) is 34.1 Å². The minimum atomic E-state index is -4.56. The third-order valence-electron chi connectivity index (χ3n) is 1.82. The third-order valence-corrected chi connectivity index (χ3v) is 2.64. The molecule has 1 aromatic rings. The van der Waals surface area contributed by atoms with E-state index in [-0.39, 0.29) is 4.90 Å². The van der Waals surface area contributed by atoms with E-state index in [4.69, 9.17) is 0 Å². The number of benzene rings is 1. The van der Waals surface area contributed by atoms with Crippen LogP contribution in [0, 0.1) is 5.92 Å². The molecule has 0 aliphatic heterocycles. The molecular formula is C10H13FO2S. The minimum absolute atomic E-state index is 0.254. The van der Waals surface area contributed by atoms with E-state index >= 15 is 0 Å². The standard InChI is InChI=1S/C10H13FO2S/c1-8(2)6-9-4-3-5-10(7-9)14(11,12)13/h3-5,7-8H,6H2,1-2H3. The second-order valence-electron chi connectivity index (χ2n) is 3.68. The highest BCUT2D eigenvalue weighted by Gasteiger charge is 2.11. The van der Waals surface area contributed by atoms with Gasteiger partial charge in [-0.25, -0.2) is 0 Å². The van der Waals surface area contributed by atoms with E-state index in [0.29, 0.717) is 5.92 Å². The van der Waals surface area contributed by atoms with Gasteiger partial charge in [0.2, 0.25) is 0 Å². The quantitative estimate of drug-likeness (QED) is 0.728. The highest BCUT2D eigenvalue weighted by atomic mass is 32.3. The molecule has 0 saturated carbocycles. The average molecular weight is 216 g/mol. The number of rotatable bonds is 3. The van der Waals surface area contributed by atoms with Gasteiger partial charge in [-0.15, -0.1) is 3.89 Å². The van der Waals surface area contributed by atoms with Crippen LogP contribution in [0.25, 0.3) is 0 Å². The summed E-state index contributed by atoms with van der Waals surface area (Å²) >= 11 is 0. The van der Waals surface area contributed by atoms with Gasteiger partial charge in [-0.2, -0.15) is 8.42 Å². The Balaban J connectivity index is 3.02. The molecule has 78 valence electrons. The molecule has 0 amide bonds. The Morgan fingerprint density at radius 1 is 1.36 bits per heavy atom. The van der Waals surface area contributed by atoms with Crippen LogP contribution in [-0.2, 0) is 16.6 Å². The largest absolute Gasteiger partial charge is 0.332 e. The van der Waals surface area contributed by atoms with Crippen LogP contribution in [0.3, 0.4) is 0 Å². The molecule has 0 N–H and O–H groups in total. The first kappa shape index (κ1) is 11.2. The maximum atomic E-state index is 12.6. The Labute approximate surface area is 84.0 Å². The highest BCUT2D eigenvalue weighted by molar-refractivity contribution is 7.86.